The van der Waals surface area contributed by atoms with Crippen molar-refractivity contribution in [3.63, 3.8) is 0 Å². The fourth-order valence-electron chi connectivity index (χ4n) is 3.71. The molecule has 2 rings (SSSR count). The van der Waals surface area contributed by atoms with Gasteiger partial charge in [0.1, 0.15) is 0 Å². The van der Waals surface area contributed by atoms with Crippen LogP contribution in [0.3, 0.4) is 0 Å². The molecule has 1 aliphatic carbocycles. The average Bonchev–Trinajstić information content (AvgIpc) is 2.46. The summed E-state index contributed by atoms with van der Waals surface area (Å²) < 4.78 is 0. The Hall–Kier alpha value is -1.31. The third-order valence-electron chi connectivity index (χ3n) is 5.34. The van der Waals surface area contributed by atoms with E-state index in [-0.39, 0.29) is 5.92 Å². The van der Waals surface area contributed by atoms with E-state index in [1.807, 2.05) is 0 Å². The van der Waals surface area contributed by atoms with Crippen molar-refractivity contribution >= 4 is 5.97 Å². The van der Waals surface area contributed by atoms with Gasteiger partial charge in [-0.15, -0.1) is 0 Å². The van der Waals surface area contributed by atoms with E-state index in [0.29, 0.717) is 17.8 Å². The lowest BCUT2D eigenvalue weighted by Crippen LogP contribution is -2.25. The third kappa shape index (κ3) is 4.34. The van der Waals surface area contributed by atoms with E-state index in [0.717, 1.165) is 11.5 Å². The van der Waals surface area contributed by atoms with Crippen molar-refractivity contribution in [1.29, 1.82) is 0 Å². The van der Waals surface area contributed by atoms with Crippen molar-refractivity contribution in [3.05, 3.63) is 35.4 Å². The van der Waals surface area contributed by atoms with Gasteiger partial charge in [0.25, 0.3) is 0 Å². The molecule has 0 saturated heterocycles. The molecule has 1 aromatic rings. The molecular formula is C20H30O2. The van der Waals surface area contributed by atoms with Crippen molar-refractivity contribution in [2.24, 2.45) is 17.3 Å². The van der Waals surface area contributed by atoms with Gasteiger partial charge in [0.15, 0.2) is 0 Å². The van der Waals surface area contributed by atoms with Crippen molar-refractivity contribution < 1.29 is 9.90 Å². The Morgan fingerprint density at radius 3 is 2.41 bits per heavy atom. The summed E-state index contributed by atoms with van der Waals surface area (Å²) >= 11 is 0. The van der Waals surface area contributed by atoms with E-state index >= 15 is 0 Å². The Bertz CT molecular complexity index is 505. The van der Waals surface area contributed by atoms with Gasteiger partial charge in [0, 0.05) is 0 Å². The molecule has 2 nitrogen and oxygen atoms in total. The van der Waals surface area contributed by atoms with Crippen LogP contribution < -0.4 is 0 Å². The van der Waals surface area contributed by atoms with Crippen LogP contribution in [0.2, 0.25) is 0 Å². The molecule has 0 spiro atoms. The zero-order valence-electron chi connectivity index (χ0n) is 14.4. The smallest absolute Gasteiger partial charge is 0.306 e. The minimum Gasteiger partial charge on any atom is -0.481 e. The molecule has 122 valence electrons. The molecule has 0 amide bonds. The monoisotopic (exact) mass is 302 g/mol. The lowest BCUT2D eigenvalue weighted by Gasteiger charge is -2.37. The zero-order valence-corrected chi connectivity index (χ0v) is 14.4. The Morgan fingerprint density at radius 2 is 1.86 bits per heavy atom. The largest absolute Gasteiger partial charge is 0.481 e. The first kappa shape index (κ1) is 17.1. The Morgan fingerprint density at radius 1 is 1.23 bits per heavy atom. The summed E-state index contributed by atoms with van der Waals surface area (Å²) in [5.74, 6) is 0.459. The number of hydrogen-bond donors (Lipinski definition) is 1. The number of rotatable bonds is 4. The van der Waals surface area contributed by atoms with Gasteiger partial charge in [-0.05, 0) is 60.5 Å². The maximum Gasteiger partial charge on any atom is 0.306 e. The molecule has 1 unspecified atom stereocenters. The highest BCUT2D eigenvalue weighted by molar-refractivity contribution is 5.69. The van der Waals surface area contributed by atoms with Crippen LogP contribution in [0.5, 0.6) is 0 Å². The van der Waals surface area contributed by atoms with Gasteiger partial charge in [-0.2, -0.15) is 0 Å². The minimum absolute atomic E-state index is 0.313. The van der Waals surface area contributed by atoms with Crippen LogP contribution >= 0.6 is 0 Å². The van der Waals surface area contributed by atoms with Gasteiger partial charge in [0.2, 0.25) is 0 Å². The highest BCUT2D eigenvalue weighted by Gasteiger charge is 2.30. The molecule has 1 aromatic carbocycles. The van der Waals surface area contributed by atoms with Crippen molar-refractivity contribution in [2.75, 3.05) is 0 Å². The highest BCUT2D eigenvalue weighted by Crippen LogP contribution is 2.43. The lowest BCUT2D eigenvalue weighted by molar-refractivity contribution is -0.141. The lowest BCUT2D eigenvalue weighted by atomic mass is 9.68. The van der Waals surface area contributed by atoms with E-state index in [4.69, 9.17) is 5.11 Å². The van der Waals surface area contributed by atoms with Crippen LogP contribution in [-0.2, 0) is 11.2 Å². The van der Waals surface area contributed by atoms with Gasteiger partial charge in [-0.1, -0.05) is 52.0 Å². The number of carbonyl (C=O) groups is 1. The fourth-order valence-corrected chi connectivity index (χ4v) is 3.71. The predicted molar refractivity (Wildman–Crippen MR) is 91.1 cm³/mol. The summed E-state index contributed by atoms with van der Waals surface area (Å²) in [6, 6.07) is 8.61. The van der Waals surface area contributed by atoms with E-state index in [1.54, 1.807) is 6.92 Å². The Kier molecular flexibility index (Phi) is 5.31. The van der Waals surface area contributed by atoms with Crippen LogP contribution in [0.4, 0.5) is 0 Å². The highest BCUT2D eigenvalue weighted by atomic mass is 16.4. The molecule has 0 bridgehead atoms. The first-order valence-electron chi connectivity index (χ1n) is 8.59. The van der Waals surface area contributed by atoms with Gasteiger partial charge in [-0.25, -0.2) is 0 Å². The Balaban J connectivity index is 2.01. The quantitative estimate of drug-likeness (QED) is 0.822. The summed E-state index contributed by atoms with van der Waals surface area (Å²) in [4.78, 5) is 11.0. The van der Waals surface area contributed by atoms with Gasteiger partial charge < -0.3 is 5.11 Å². The molecule has 0 aromatic heterocycles. The second-order valence-corrected chi connectivity index (χ2v) is 8.10. The molecule has 1 saturated carbocycles. The molecule has 1 N–H and O–H groups in total. The summed E-state index contributed by atoms with van der Waals surface area (Å²) in [7, 11) is 0. The topological polar surface area (TPSA) is 37.3 Å². The zero-order chi connectivity index (χ0) is 16.3. The maximum atomic E-state index is 11.0. The minimum atomic E-state index is -0.712. The van der Waals surface area contributed by atoms with Crippen LogP contribution in [0.25, 0.3) is 0 Å². The summed E-state index contributed by atoms with van der Waals surface area (Å²) in [6.07, 6.45) is 5.77. The van der Waals surface area contributed by atoms with E-state index in [9.17, 15) is 4.79 Å². The number of hydrogen-bond acceptors (Lipinski definition) is 1. The summed E-state index contributed by atoms with van der Waals surface area (Å²) in [5, 5.41) is 9.07. The molecule has 0 aliphatic heterocycles. The average molecular weight is 302 g/mol. The van der Waals surface area contributed by atoms with Crippen LogP contribution in [0, 0.1) is 17.3 Å². The number of benzene rings is 1. The van der Waals surface area contributed by atoms with Crippen LogP contribution in [0.15, 0.2) is 24.3 Å². The molecule has 1 aliphatic rings. The molecule has 2 heteroatoms. The molecule has 0 heterocycles. The van der Waals surface area contributed by atoms with Crippen LogP contribution in [0.1, 0.15) is 70.4 Å². The second-order valence-electron chi connectivity index (χ2n) is 8.10. The van der Waals surface area contributed by atoms with E-state index < -0.39 is 5.97 Å². The third-order valence-corrected chi connectivity index (χ3v) is 5.34. The first-order valence-corrected chi connectivity index (χ1v) is 8.59. The number of carboxylic acids is 1. The molecular weight excluding hydrogens is 272 g/mol. The summed E-state index contributed by atoms with van der Waals surface area (Å²) in [6.45, 7) is 8.84. The maximum absolute atomic E-state index is 11.0. The second kappa shape index (κ2) is 6.85. The van der Waals surface area contributed by atoms with E-state index in [2.05, 4.69) is 45.0 Å². The van der Waals surface area contributed by atoms with Gasteiger partial charge in [0.05, 0.1) is 5.92 Å². The van der Waals surface area contributed by atoms with E-state index in [1.165, 1.54) is 31.2 Å². The van der Waals surface area contributed by atoms with Crippen LogP contribution in [-0.4, -0.2) is 11.1 Å². The molecule has 1 fully saturated rings. The first-order chi connectivity index (χ1) is 10.3. The van der Waals surface area contributed by atoms with Gasteiger partial charge in [-0.3, -0.25) is 4.79 Å². The molecule has 1 atom stereocenters. The van der Waals surface area contributed by atoms with Crippen molar-refractivity contribution in [3.8, 4) is 0 Å². The summed E-state index contributed by atoms with van der Waals surface area (Å²) in [5.41, 5.74) is 2.98. The number of carboxylic acid groups (broad SMARTS) is 1. The SMILES string of the molecule is CC(Cc1cccc(C2CCC(C(C)(C)C)CC2)c1)C(=O)O. The fraction of sp³-hybridized carbons (Fsp3) is 0.650. The number of aliphatic carboxylic acids is 1. The molecule has 22 heavy (non-hydrogen) atoms. The van der Waals surface area contributed by atoms with Gasteiger partial charge >= 0.3 is 5.97 Å². The van der Waals surface area contributed by atoms with Crippen molar-refractivity contribution in [2.45, 2.75) is 65.7 Å². The van der Waals surface area contributed by atoms with Crippen molar-refractivity contribution in [1.82, 2.24) is 0 Å². The Labute approximate surface area is 134 Å². The standard InChI is InChI=1S/C20H30O2/c1-14(19(21)22)12-15-6-5-7-17(13-15)16-8-10-18(11-9-16)20(2,3)4/h5-7,13-14,16,18H,8-12H2,1-4H3,(H,21,22). The molecule has 0 radical (unpaired) electrons. The normalized spacial score (nSPS) is 24.0. The predicted octanol–water partition coefficient (Wildman–Crippen LogP) is 5.27.